The van der Waals surface area contributed by atoms with Crippen molar-refractivity contribution in [3.63, 3.8) is 0 Å². The van der Waals surface area contributed by atoms with Crippen LogP contribution in [0.4, 0.5) is 17.6 Å². The van der Waals surface area contributed by atoms with E-state index in [2.05, 4.69) is 31.9 Å². The summed E-state index contributed by atoms with van der Waals surface area (Å²) in [6.45, 7) is 0.333. The number of aromatic nitrogens is 2. The van der Waals surface area contributed by atoms with E-state index < -0.39 is 23.7 Å². The average Bonchev–Trinajstić information content (AvgIpc) is 2.81. The molecule has 3 aromatic rings. The van der Waals surface area contributed by atoms with Crippen LogP contribution in [0.15, 0.2) is 67.1 Å². The molecule has 0 radical (unpaired) electrons. The topological polar surface area (TPSA) is 64.1 Å². The zero-order valence-corrected chi connectivity index (χ0v) is 16.9. The standard InChI is InChI=1S/C16H14FN3O2.C7H5F3/c1-18-15(10-22-11-21)14-7-13(9-20-16(14)17)5-4-12-3-2-6-19-8-12;8-7(9,10)6-4-2-1-3-5-6/h2-3,6-9,11,15,18H,10H2,1H3;1-5H/t15-;/m0./s1. The molecule has 1 N–H and O–H groups in total. The highest BCUT2D eigenvalue weighted by atomic mass is 19.4. The van der Waals surface area contributed by atoms with Crippen molar-refractivity contribution in [2.24, 2.45) is 0 Å². The van der Waals surface area contributed by atoms with Gasteiger partial charge in [-0.3, -0.25) is 9.78 Å². The first-order chi connectivity index (χ1) is 15.3. The first-order valence-electron chi connectivity index (χ1n) is 9.27. The number of benzene rings is 1. The van der Waals surface area contributed by atoms with E-state index in [4.69, 9.17) is 0 Å². The van der Waals surface area contributed by atoms with Crippen molar-refractivity contribution in [1.29, 1.82) is 0 Å². The Morgan fingerprint density at radius 1 is 1.09 bits per heavy atom. The zero-order valence-electron chi connectivity index (χ0n) is 16.9. The summed E-state index contributed by atoms with van der Waals surface area (Å²) >= 11 is 0. The number of nitrogens with zero attached hydrogens (tertiary/aromatic N) is 2. The average molecular weight is 445 g/mol. The van der Waals surface area contributed by atoms with Gasteiger partial charge in [0.15, 0.2) is 0 Å². The predicted molar refractivity (Wildman–Crippen MR) is 110 cm³/mol. The second-order valence-corrected chi connectivity index (χ2v) is 6.23. The van der Waals surface area contributed by atoms with E-state index in [1.807, 2.05) is 6.07 Å². The number of hydrogen-bond donors (Lipinski definition) is 1. The number of alkyl halides is 3. The molecule has 9 heteroatoms. The number of ether oxygens (including phenoxy) is 1. The molecule has 0 saturated carbocycles. The monoisotopic (exact) mass is 445 g/mol. The number of halogens is 4. The molecular weight excluding hydrogens is 426 g/mol. The van der Waals surface area contributed by atoms with E-state index in [-0.39, 0.29) is 6.61 Å². The molecule has 5 nitrogen and oxygen atoms in total. The van der Waals surface area contributed by atoms with E-state index in [0.29, 0.717) is 17.6 Å². The molecule has 1 atom stereocenters. The Bertz CT molecular complexity index is 1050. The molecule has 0 unspecified atom stereocenters. The predicted octanol–water partition coefficient (Wildman–Crippen LogP) is 4.15. The summed E-state index contributed by atoms with van der Waals surface area (Å²) in [6.07, 6.45) is 0.448. The van der Waals surface area contributed by atoms with E-state index >= 15 is 0 Å². The van der Waals surface area contributed by atoms with Crippen molar-refractivity contribution < 1.29 is 27.1 Å². The number of carbonyl (C=O) groups is 1. The molecule has 2 heterocycles. The van der Waals surface area contributed by atoms with Crippen LogP contribution in [-0.2, 0) is 15.7 Å². The number of likely N-dealkylation sites (N-methyl/N-ethyl adjacent to an activating group) is 1. The lowest BCUT2D eigenvalue weighted by Crippen LogP contribution is -2.23. The Morgan fingerprint density at radius 3 is 2.38 bits per heavy atom. The van der Waals surface area contributed by atoms with Gasteiger partial charge >= 0.3 is 6.18 Å². The van der Waals surface area contributed by atoms with Crippen LogP contribution in [0.2, 0.25) is 0 Å². The van der Waals surface area contributed by atoms with Gasteiger partial charge in [0.05, 0.1) is 11.6 Å². The van der Waals surface area contributed by atoms with E-state index in [0.717, 1.165) is 17.7 Å². The molecule has 0 spiro atoms. The van der Waals surface area contributed by atoms with Gasteiger partial charge in [0.25, 0.3) is 6.47 Å². The van der Waals surface area contributed by atoms with Crippen molar-refractivity contribution in [3.05, 3.63) is 95.3 Å². The fourth-order valence-electron chi connectivity index (χ4n) is 2.45. The first-order valence-corrected chi connectivity index (χ1v) is 9.27. The minimum Gasteiger partial charge on any atom is -0.466 e. The third-order valence-electron chi connectivity index (χ3n) is 4.03. The summed E-state index contributed by atoms with van der Waals surface area (Å²) < 4.78 is 53.9. The molecule has 1 aromatic carbocycles. The first kappa shape index (κ1) is 24.5. The second-order valence-electron chi connectivity index (χ2n) is 6.23. The largest absolute Gasteiger partial charge is 0.466 e. The Morgan fingerprint density at radius 2 is 1.81 bits per heavy atom. The van der Waals surface area contributed by atoms with Crippen LogP contribution >= 0.6 is 0 Å². The van der Waals surface area contributed by atoms with E-state index in [1.54, 1.807) is 37.6 Å². The normalized spacial score (nSPS) is 11.3. The molecule has 0 bridgehead atoms. The lowest BCUT2D eigenvalue weighted by Gasteiger charge is -2.15. The van der Waals surface area contributed by atoms with Gasteiger partial charge in [-0.25, -0.2) is 4.98 Å². The van der Waals surface area contributed by atoms with Crippen LogP contribution in [0.25, 0.3) is 0 Å². The molecule has 0 saturated heterocycles. The number of hydrogen-bond acceptors (Lipinski definition) is 5. The highest BCUT2D eigenvalue weighted by Gasteiger charge is 2.29. The van der Waals surface area contributed by atoms with E-state index in [9.17, 15) is 22.4 Å². The van der Waals surface area contributed by atoms with Gasteiger partial charge in [-0.15, -0.1) is 0 Å². The van der Waals surface area contributed by atoms with Gasteiger partial charge in [-0.1, -0.05) is 42.2 Å². The van der Waals surface area contributed by atoms with Gasteiger partial charge in [0, 0.05) is 35.3 Å². The van der Waals surface area contributed by atoms with Gasteiger partial charge in [-0.05, 0) is 25.2 Å². The van der Waals surface area contributed by atoms with Crippen LogP contribution in [0.1, 0.15) is 28.3 Å². The number of carbonyl (C=O) groups excluding carboxylic acids is 1. The van der Waals surface area contributed by atoms with Crippen molar-refractivity contribution in [1.82, 2.24) is 15.3 Å². The molecule has 32 heavy (non-hydrogen) atoms. The van der Waals surface area contributed by atoms with Gasteiger partial charge in [0.2, 0.25) is 5.95 Å². The minimum absolute atomic E-state index is 0.0120. The number of nitrogens with one attached hydrogen (secondary N) is 1. The van der Waals surface area contributed by atoms with Crippen LogP contribution in [-0.4, -0.2) is 30.1 Å². The summed E-state index contributed by atoms with van der Waals surface area (Å²) in [5.41, 5.74) is 1.01. The van der Waals surface area contributed by atoms with Crippen molar-refractivity contribution >= 4 is 6.47 Å². The molecule has 0 aliphatic rings. The van der Waals surface area contributed by atoms with Crippen LogP contribution < -0.4 is 5.32 Å². The van der Waals surface area contributed by atoms with Crippen LogP contribution in [0, 0.1) is 17.8 Å². The molecule has 166 valence electrons. The highest BCUT2D eigenvalue weighted by molar-refractivity contribution is 5.42. The highest BCUT2D eigenvalue weighted by Crippen LogP contribution is 2.28. The van der Waals surface area contributed by atoms with Crippen molar-refractivity contribution in [2.45, 2.75) is 12.2 Å². The summed E-state index contributed by atoms with van der Waals surface area (Å²) in [5, 5.41) is 2.87. The number of pyridine rings is 2. The Kier molecular flexibility index (Phi) is 9.32. The lowest BCUT2D eigenvalue weighted by molar-refractivity contribution is -0.137. The molecule has 0 aliphatic heterocycles. The third kappa shape index (κ3) is 7.81. The SMILES string of the molecule is CN[C@@H](COC=O)c1cc(C#Cc2cccnc2)cnc1F.FC(F)(F)c1ccccc1. The smallest absolute Gasteiger partial charge is 0.416 e. The summed E-state index contributed by atoms with van der Waals surface area (Å²) in [7, 11) is 1.65. The van der Waals surface area contributed by atoms with Gasteiger partial charge in [-0.2, -0.15) is 17.6 Å². The maximum Gasteiger partial charge on any atom is 0.416 e. The van der Waals surface area contributed by atoms with E-state index in [1.165, 1.54) is 18.3 Å². The zero-order chi connectivity index (χ0) is 23.4. The Balaban J connectivity index is 0.000000303. The molecular formula is C23H19F4N3O2. The van der Waals surface area contributed by atoms with Crippen molar-refractivity contribution in [3.8, 4) is 11.8 Å². The van der Waals surface area contributed by atoms with Crippen LogP contribution in [0.5, 0.6) is 0 Å². The quantitative estimate of drug-likeness (QED) is 0.277. The maximum absolute atomic E-state index is 13.8. The van der Waals surface area contributed by atoms with Crippen LogP contribution in [0.3, 0.4) is 0 Å². The fourth-order valence-corrected chi connectivity index (χ4v) is 2.45. The molecule has 0 aliphatic carbocycles. The van der Waals surface area contributed by atoms with Gasteiger partial charge < -0.3 is 10.1 Å². The third-order valence-corrected chi connectivity index (χ3v) is 4.03. The molecule has 3 rings (SSSR count). The second kappa shape index (κ2) is 12.2. The summed E-state index contributed by atoms with van der Waals surface area (Å²) in [6, 6.07) is 11.1. The molecule has 0 fully saturated rings. The maximum atomic E-state index is 13.8. The molecule has 2 aromatic heterocycles. The number of rotatable bonds is 5. The summed E-state index contributed by atoms with van der Waals surface area (Å²) in [5.74, 6) is 5.21. The van der Waals surface area contributed by atoms with Gasteiger partial charge in [0.1, 0.15) is 6.61 Å². The lowest BCUT2D eigenvalue weighted by atomic mass is 10.1. The summed E-state index contributed by atoms with van der Waals surface area (Å²) in [4.78, 5) is 17.9. The Labute approximate surface area is 182 Å². The van der Waals surface area contributed by atoms with Crippen molar-refractivity contribution in [2.75, 3.05) is 13.7 Å². The molecule has 0 amide bonds. The Hall–Kier alpha value is -3.77. The minimum atomic E-state index is -4.21. The fraction of sp³-hybridized carbons (Fsp3) is 0.174.